The van der Waals surface area contributed by atoms with Gasteiger partial charge in [-0.1, -0.05) is 0 Å². The average molecular weight is 442 g/mol. The van der Waals surface area contributed by atoms with E-state index in [4.69, 9.17) is 0 Å². The molecule has 2 amide bonds. The molecule has 1 aromatic heterocycles. The molecule has 8 heteroatoms. The van der Waals surface area contributed by atoms with Crippen molar-refractivity contribution in [2.24, 2.45) is 0 Å². The molecule has 1 aromatic carbocycles. The summed E-state index contributed by atoms with van der Waals surface area (Å²) in [5, 5.41) is 10.7. The number of fused-ring (bicyclic) bond motifs is 1. The zero-order valence-electron chi connectivity index (χ0n) is 19.4. The number of aromatic amines is 1. The Kier molecular flexibility index (Phi) is 6.81. The maximum atomic E-state index is 12.9. The zero-order valence-corrected chi connectivity index (χ0v) is 19.4. The van der Waals surface area contributed by atoms with Crippen molar-refractivity contribution in [3.05, 3.63) is 29.1 Å². The molecule has 32 heavy (non-hydrogen) atoms. The minimum absolute atomic E-state index is 0.0451. The number of amides is 2. The summed E-state index contributed by atoms with van der Waals surface area (Å²) < 4.78 is 0. The topological polar surface area (TPSA) is 92.8 Å². The second kappa shape index (κ2) is 9.58. The summed E-state index contributed by atoms with van der Waals surface area (Å²) in [7, 11) is 0. The number of nitrogens with one attached hydrogen (secondary N) is 1. The van der Waals surface area contributed by atoms with Crippen molar-refractivity contribution >= 4 is 22.8 Å². The van der Waals surface area contributed by atoms with Gasteiger partial charge in [0.2, 0.25) is 11.8 Å². The van der Waals surface area contributed by atoms with E-state index in [1.165, 1.54) is 11.1 Å². The SMILES string of the molecule is CC(=O)N1CCN([C@H]2CCN(C(=O)CCc3nc4cc(C)c(C)cc4[nH]3)CC[C@@H]2O)CC1. The summed E-state index contributed by atoms with van der Waals surface area (Å²) in [6, 6.07) is 4.23. The quantitative estimate of drug-likeness (QED) is 0.752. The van der Waals surface area contributed by atoms with Crippen LogP contribution in [0.3, 0.4) is 0 Å². The van der Waals surface area contributed by atoms with Crippen molar-refractivity contribution in [2.45, 2.75) is 58.6 Å². The molecule has 2 fully saturated rings. The van der Waals surface area contributed by atoms with Crippen LogP contribution in [0.2, 0.25) is 0 Å². The summed E-state index contributed by atoms with van der Waals surface area (Å²) in [6.45, 7) is 9.98. The van der Waals surface area contributed by atoms with Crippen LogP contribution in [0.4, 0.5) is 0 Å². The van der Waals surface area contributed by atoms with Crippen LogP contribution in [0.25, 0.3) is 11.0 Å². The Hall–Kier alpha value is -2.45. The van der Waals surface area contributed by atoms with Crippen LogP contribution in [-0.2, 0) is 16.0 Å². The van der Waals surface area contributed by atoms with Crippen molar-refractivity contribution in [3.63, 3.8) is 0 Å². The third-order valence-electron chi connectivity index (χ3n) is 7.14. The molecule has 3 heterocycles. The van der Waals surface area contributed by atoms with E-state index in [1.54, 1.807) is 6.92 Å². The van der Waals surface area contributed by atoms with Gasteiger partial charge in [0.15, 0.2) is 0 Å². The summed E-state index contributed by atoms with van der Waals surface area (Å²) in [5.74, 6) is 1.07. The van der Waals surface area contributed by atoms with E-state index < -0.39 is 6.10 Å². The van der Waals surface area contributed by atoms with Crippen molar-refractivity contribution in [2.75, 3.05) is 39.3 Å². The smallest absolute Gasteiger partial charge is 0.223 e. The first-order chi connectivity index (χ1) is 15.3. The molecular weight excluding hydrogens is 406 g/mol. The first-order valence-corrected chi connectivity index (χ1v) is 11.7. The molecule has 0 radical (unpaired) electrons. The minimum atomic E-state index is -0.446. The molecule has 2 N–H and O–H groups in total. The number of benzene rings is 1. The number of likely N-dealkylation sites (tertiary alicyclic amines) is 1. The van der Waals surface area contributed by atoms with Crippen LogP contribution in [-0.4, -0.2) is 93.0 Å². The maximum Gasteiger partial charge on any atom is 0.223 e. The molecule has 4 rings (SSSR count). The number of aromatic nitrogens is 2. The monoisotopic (exact) mass is 441 g/mol. The van der Waals surface area contributed by atoms with E-state index in [2.05, 4.69) is 40.8 Å². The van der Waals surface area contributed by atoms with Crippen LogP contribution >= 0.6 is 0 Å². The Morgan fingerprint density at radius 1 is 1.03 bits per heavy atom. The summed E-state index contributed by atoms with van der Waals surface area (Å²) >= 11 is 0. The van der Waals surface area contributed by atoms with Gasteiger partial charge in [-0.3, -0.25) is 14.5 Å². The van der Waals surface area contributed by atoms with Crippen LogP contribution in [0.5, 0.6) is 0 Å². The highest BCUT2D eigenvalue weighted by Crippen LogP contribution is 2.21. The summed E-state index contributed by atoms with van der Waals surface area (Å²) in [6.07, 6.45) is 1.90. The van der Waals surface area contributed by atoms with Crippen LogP contribution < -0.4 is 0 Å². The number of rotatable bonds is 4. The van der Waals surface area contributed by atoms with Crippen LogP contribution in [0, 0.1) is 13.8 Å². The number of aliphatic hydroxyl groups is 1. The van der Waals surface area contributed by atoms with E-state index in [0.717, 1.165) is 36.4 Å². The lowest BCUT2D eigenvalue weighted by molar-refractivity contribution is -0.132. The Balaban J connectivity index is 1.31. The van der Waals surface area contributed by atoms with E-state index in [-0.39, 0.29) is 17.9 Å². The fraction of sp³-hybridized carbons (Fsp3) is 0.625. The lowest BCUT2D eigenvalue weighted by Gasteiger charge is -2.40. The lowest BCUT2D eigenvalue weighted by Crippen LogP contribution is -2.54. The number of aryl methyl sites for hydroxylation is 3. The molecule has 8 nitrogen and oxygen atoms in total. The Morgan fingerprint density at radius 3 is 2.44 bits per heavy atom. The van der Waals surface area contributed by atoms with Crippen molar-refractivity contribution in [3.8, 4) is 0 Å². The second-order valence-electron chi connectivity index (χ2n) is 9.27. The lowest BCUT2D eigenvalue weighted by atomic mass is 10.0. The number of carbonyl (C=O) groups is 2. The van der Waals surface area contributed by atoms with Crippen LogP contribution in [0.15, 0.2) is 12.1 Å². The molecule has 2 aliphatic rings. The number of H-pyrrole nitrogens is 1. The van der Waals surface area contributed by atoms with Gasteiger partial charge in [0.25, 0.3) is 0 Å². The minimum Gasteiger partial charge on any atom is -0.391 e. The van der Waals surface area contributed by atoms with Gasteiger partial charge >= 0.3 is 0 Å². The van der Waals surface area contributed by atoms with Gasteiger partial charge in [-0.05, 0) is 49.9 Å². The maximum absolute atomic E-state index is 12.9. The van der Waals surface area contributed by atoms with Gasteiger partial charge in [-0.15, -0.1) is 0 Å². The van der Waals surface area contributed by atoms with E-state index in [9.17, 15) is 14.7 Å². The highest BCUT2D eigenvalue weighted by atomic mass is 16.3. The fourth-order valence-electron chi connectivity index (χ4n) is 4.94. The van der Waals surface area contributed by atoms with E-state index >= 15 is 0 Å². The zero-order chi connectivity index (χ0) is 22.8. The van der Waals surface area contributed by atoms with Gasteiger partial charge < -0.3 is 19.9 Å². The van der Waals surface area contributed by atoms with Crippen molar-refractivity contribution in [1.82, 2.24) is 24.7 Å². The molecule has 0 saturated carbocycles. The largest absolute Gasteiger partial charge is 0.391 e. The third kappa shape index (κ3) is 4.96. The molecule has 174 valence electrons. The Bertz CT molecular complexity index is 940. The number of piperazine rings is 1. The molecule has 2 saturated heterocycles. The number of hydrogen-bond acceptors (Lipinski definition) is 5. The molecule has 0 aliphatic carbocycles. The fourth-order valence-corrected chi connectivity index (χ4v) is 4.94. The van der Waals surface area contributed by atoms with Gasteiger partial charge in [-0.25, -0.2) is 4.98 Å². The van der Waals surface area contributed by atoms with Crippen molar-refractivity contribution < 1.29 is 14.7 Å². The van der Waals surface area contributed by atoms with Gasteiger partial charge in [-0.2, -0.15) is 0 Å². The molecule has 2 aliphatic heterocycles. The first-order valence-electron chi connectivity index (χ1n) is 11.7. The van der Waals surface area contributed by atoms with E-state index in [0.29, 0.717) is 45.4 Å². The summed E-state index contributed by atoms with van der Waals surface area (Å²) in [5.41, 5.74) is 4.40. The molecule has 2 aromatic rings. The first kappa shape index (κ1) is 22.7. The molecule has 0 bridgehead atoms. The summed E-state index contributed by atoms with van der Waals surface area (Å²) in [4.78, 5) is 38.5. The number of hydrogen-bond donors (Lipinski definition) is 2. The highest BCUT2D eigenvalue weighted by molar-refractivity contribution is 5.78. The molecule has 2 atom stereocenters. The van der Waals surface area contributed by atoms with Crippen LogP contribution in [0.1, 0.15) is 43.1 Å². The average Bonchev–Trinajstić information content (AvgIpc) is 3.04. The Labute approximate surface area is 189 Å². The van der Waals surface area contributed by atoms with Gasteiger partial charge in [0.05, 0.1) is 17.1 Å². The number of aliphatic hydroxyl groups excluding tert-OH is 1. The van der Waals surface area contributed by atoms with Gasteiger partial charge in [0.1, 0.15) is 5.82 Å². The molecular formula is C24H35N5O3. The standard InChI is InChI=1S/C24H35N5O3/c1-16-14-19-20(15-17(16)2)26-23(25-19)4-5-24(32)29-8-6-21(22(31)7-9-29)28-12-10-27(11-13-28)18(3)30/h14-15,21-22,31H,4-13H2,1-3H3,(H,25,26)/t21-,22-/m0/s1. The van der Waals surface area contributed by atoms with Crippen molar-refractivity contribution in [1.29, 1.82) is 0 Å². The number of imidazole rings is 1. The number of nitrogens with zero attached hydrogens (tertiary/aromatic N) is 4. The predicted molar refractivity (Wildman–Crippen MR) is 123 cm³/mol. The predicted octanol–water partition coefficient (Wildman–Crippen LogP) is 1.63. The van der Waals surface area contributed by atoms with Gasteiger partial charge in [0, 0.05) is 65.1 Å². The molecule has 0 unspecified atom stereocenters. The normalized spacial score (nSPS) is 22.9. The Morgan fingerprint density at radius 2 is 1.72 bits per heavy atom. The third-order valence-corrected chi connectivity index (χ3v) is 7.14. The number of carbonyl (C=O) groups excluding carboxylic acids is 2. The second-order valence-corrected chi connectivity index (χ2v) is 9.27. The molecule has 0 spiro atoms. The van der Waals surface area contributed by atoms with E-state index in [1.807, 2.05) is 9.80 Å². The highest BCUT2D eigenvalue weighted by Gasteiger charge is 2.33.